The molecule has 0 aromatic heterocycles. The maximum absolute atomic E-state index is 11.6. The average molecular weight is 250 g/mol. The molecule has 94 valence electrons. The van der Waals surface area contributed by atoms with Crippen LogP contribution in [0.15, 0.2) is 24.3 Å². The monoisotopic (exact) mass is 250 g/mol. The molecular weight excluding hydrogens is 240 g/mol. The molecule has 3 N–H and O–H groups in total. The number of carbonyl (C=O) groups is 3. The van der Waals surface area contributed by atoms with Crippen LogP contribution in [-0.2, 0) is 20.8 Å². The summed E-state index contributed by atoms with van der Waals surface area (Å²) in [5.41, 5.74) is -1.66. The van der Waals surface area contributed by atoms with Gasteiger partial charge in [-0.3, -0.25) is 4.79 Å². The van der Waals surface area contributed by atoms with E-state index in [1.54, 1.807) is 18.2 Å². The van der Waals surface area contributed by atoms with E-state index in [2.05, 4.69) is 0 Å². The van der Waals surface area contributed by atoms with Gasteiger partial charge in [0.1, 0.15) is 0 Å². The highest BCUT2D eigenvalue weighted by atomic mass is 16.4. The number of hydrogen-bond donors (Lipinski definition) is 3. The molecule has 1 aliphatic rings. The first-order valence-corrected chi connectivity index (χ1v) is 5.18. The van der Waals surface area contributed by atoms with Crippen molar-refractivity contribution in [1.82, 2.24) is 0 Å². The lowest BCUT2D eigenvalue weighted by atomic mass is 9.84. The van der Waals surface area contributed by atoms with Crippen molar-refractivity contribution in [3.05, 3.63) is 35.4 Å². The number of aliphatic hydroxyl groups is 1. The molecule has 0 heterocycles. The van der Waals surface area contributed by atoms with Gasteiger partial charge in [-0.1, -0.05) is 24.3 Å². The Balaban J connectivity index is 2.59. The second-order valence-electron chi connectivity index (χ2n) is 4.21. The SMILES string of the molecule is O=C(O)C(=O)C1c2ccccc2CC1(O)C(=O)O. The molecule has 18 heavy (non-hydrogen) atoms. The largest absolute Gasteiger partial charge is 0.479 e. The third kappa shape index (κ3) is 1.58. The zero-order chi connectivity index (χ0) is 13.5. The molecule has 1 aliphatic carbocycles. The van der Waals surface area contributed by atoms with Crippen molar-refractivity contribution in [2.45, 2.75) is 17.9 Å². The molecule has 0 bridgehead atoms. The fourth-order valence-electron chi connectivity index (χ4n) is 2.31. The van der Waals surface area contributed by atoms with E-state index in [1.165, 1.54) is 6.07 Å². The summed E-state index contributed by atoms with van der Waals surface area (Å²) in [7, 11) is 0. The standard InChI is InChI=1S/C12H10O6/c13-9(10(14)15)8-7-4-2-1-3-6(7)5-12(8,18)11(16)17/h1-4,8,18H,5H2,(H,14,15)(H,16,17). The molecule has 0 saturated carbocycles. The summed E-state index contributed by atoms with van der Waals surface area (Å²) in [6.45, 7) is 0. The molecule has 0 aliphatic heterocycles. The van der Waals surface area contributed by atoms with Crippen LogP contribution in [-0.4, -0.2) is 38.6 Å². The zero-order valence-electron chi connectivity index (χ0n) is 9.16. The summed E-state index contributed by atoms with van der Waals surface area (Å²) in [6.07, 6.45) is -0.276. The second-order valence-corrected chi connectivity index (χ2v) is 4.21. The molecule has 2 atom stereocenters. The smallest absolute Gasteiger partial charge is 0.372 e. The number of carbonyl (C=O) groups excluding carboxylic acids is 1. The van der Waals surface area contributed by atoms with Crippen LogP contribution in [0.25, 0.3) is 0 Å². The Bertz CT molecular complexity index is 549. The highest BCUT2D eigenvalue weighted by Crippen LogP contribution is 2.41. The molecular formula is C12H10O6. The Morgan fingerprint density at radius 1 is 1.17 bits per heavy atom. The van der Waals surface area contributed by atoms with Crippen molar-refractivity contribution >= 4 is 17.7 Å². The van der Waals surface area contributed by atoms with Crippen molar-refractivity contribution in [3.63, 3.8) is 0 Å². The molecule has 1 aromatic rings. The first kappa shape index (κ1) is 12.3. The van der Waals surface area contributed by atoms with Crippen LogP contribution < -0.4 is 0 Å². The Labute approximate surface area is 101 Å². The maximum Gasteiger partial charge on any atom is 0.372 e. The van der Waals surface area contributed by atoms with Crippen LogP contribution in [0.2, 0.25) is 0 Å². The van der Waals surface area contributed by atoms with Gasteiger partial charge in [-0.15, -0.1) is 0 Å². The summed E-state index contributed by atoms with van der Waals surface area (Å²) >= 11 is 0. The minimum Gasteiger partial charge on any atom is -0.479 e. The quantitative estimate of drug-likeness (QED) is 0.640. The van der Waals surface area contributed by atoms with Gasteiger partial charge in [-0.25, -0.2) is 9.59 Å². The minimum absolute atomic E-state index is 0.259. The van der Waals surface area contributed by atoms with Crippen molar-refractivity contribution < 1.29 is 29.7 Å². The molecule has 0 spiro atoms. The van der Waals surface area contributed by atoms with Gasteiger partial charge < -0.3 is 15.3 Å². The number of benzene rings is 1. The number of fused-ring (bicyclic) bond motifs is 1. The molecule has 0 radical (unpaired) electrons. The Morgan fingerprint density at radius 3 is 2.33 bits per heavy atom. The van der Waals surface area contributed by atoms with E-state index in [4.69, 9.17) is 10.2 Å². The van der Waals surface area contributed by atoms with E-state index in [0.29, 0.717) is 5.56 Å². The number of hydrogen-bond acceptors (Lipinski definition) is 4. The van der Waals surface area contributed by atoms with E-state index in [9.17, 15) is 19.5 Å². The van der Waals surface area contributed by atoms with Crippen LogP contribution >= 0.6 is 0 Å². The maximum atomic E-state index is 11.6. The zero-order valence-corrected chi connectivity index (χ0v) is 9.16. The molecule has 0 amide bonds. The van der Waals surface area contributed by atoms with E-state index < -0.39 is 29.2 Å². The third-order valence-corrected chi connectivity index (χ3v) is 3.15. The van der Waals surface area contributed by atoms with Gasteiger partial charge in [-0.05, 0) is 11.1 Å². The Hall–Kier alpha value is -2.21. The van der Waals surface area contributed by atoms with Crippen molar-refractivity contribution in [3.8, 4) is 0 Å². The number of Topliss-reactive ketones (excluding diaryl/α,β-unsaturated/α-hetero) is 1. The summed E-state index contributed by atoms with van der Waals surface area (Å²) in [6, 6.07) is 6.23. The van der Waals surface area contributed by atoms with Gasteiger partial charge in [0, 0.05) is 6.42 Å². The predicted molar refractivity (Wildman–Crippen MR) is 58.1 cm³/mol. The molecule has 0 fully saturated rings. The third-order valence-electron chi connectivity index (χ3n) is 3.15. The van der Waals surface area contributed by atoms with E-state index >= 15 is 0 Å². The number of carboxylic acid groups (broad SMARTS) is 2. The predicted octanol–water partition coefficient (Wildman–Crippen LogP) is -0.204. The van der Waals surface area contributed by atoms with Crippen molar-refractivity contribution in [2.24, 2.45) is 0 Å². The Kier molecular flexibility index (Phi) is 2.67. The minimum atomic E-state index is -2.39. The molecule has 6 heteroatoms. The average Bonchev–Trinajstić information content (AvgIpc) is 2.61. The van der Waals surface area contributed by atoms with Crippen molar-refractivity contribution in [2.75, 3.05) is 0 Å². The first-order chi connectivity index (χ1) is 8.38. The van der Waals surface area contributed by atoms with Gasteiger partial charge >= 0.3 is 11.9 Å². The van der Waals surface area contributed by atoms with Crippen LogP contribution in [0.3, 0.4) is 0 Å². The summed E-state index contributed by atoms with van der Waals surface area (Å²) in [5, 5.41) is 27.9. The second kappa shape index (κ2) is 3.92. The fourth-order valence-corrected chi connectivity index (χ4v) is 2.31. The molecule has 2 unspecified atom stereocenters. The highest BCUT2D eigenvalue weighted by Gasteiger charge is 2.55. The molecule has 2 rings (SSSR count). The van der Waals surface area contributed by atoms with Gasteiger partial charge in [0.15, 0.2) is 5.60 Å². The fraction of sp³-hybridized carbons (Fsp3) is 0.250. The number of carboxylic acids is 2. The number of rotatable bonds is 3. The number of aliphatic carboxylic acids is 2. The molecule has 1 aromatic carbocycles. The van der Waals surface area contributed by atoms with Crippen LogP contribution in [0.4, 0.5) is 0 Å². The lowest BCUT2D eigenvalue weighted by Crippen LogP contribution is -2.47. The van der Waals surface area contributed by atoms with Gasteiger partial charge in [0.05, 0.1) is 5.92 Å². The van der Waals surface area contributed by atoms with Crippen molar-refractivity contribution in [1.29, 1.82) is 0 Å². The van der Waals surface area contributed by atoms with Crippen LogP contribution in [0, 0.1) is 0 Å². The van der Waals surface area contributed by atoms with E-state index in [0.717, 1.165) is 0 Å². The first-order valence-electron chi connectivity index (χ1n) is 5.18. The topological polar surface area (TPSA) is 112 Å². The normalized spacial score (nSPS) is 25.5. The van der Waals surface area contributed by atoms with Gasteiger partial charge in [0.25, 0.3) is 5.78 Å². The highest BCUT2D eigenvalue weighted by molar-refractivity contribution is 6.36. The summed E-state index contributed by atoms with van der Waals surface area (Å²) in [5.74, 6) is -6.23. The lowest BCUT2D eigenvalue weighted by Gasteiger charge is -2.23. The van der Waals surface area contributed by atoms with E-state index in [1.807, 2.05) is 0 Å². The van der Waals surface area contributed by atoms with Gasteiger partial charge in [0.2, 0.25) is 0 Å². The summed E-state index contributed by atoms with van der Waals surface area (Å²) < 4.78 is 0. The Morgan fingerprint density at radius 2 is 1.78 bits per heavy atom. The lowest BCUT2D eigenvalue weighted by molar-refractivity contribution is -0.165. The van der Waals surface area contributed by atoms with Gasteiger partial charge in [-0.2, -0.15) is 0 Å². The van der Waals surface area contributed by atoms with Crippen LogP contribution in [0.1, 0.15) is 17.0 Å². The molecule has 0 saturated heterocycles. The summed E-state index contributed by atoms with van der Waals surface area (Å²) in [4.78, 5) is 33.5. The van der Waals surface area contributed by atoms with E-state index in [-0.39, 0.29) is 12.0 Å². The molecule has 6 nitrogen and oxygen atoms in total. The number of ketones is 1. The van der Waals surface area contributed by atoms with Crippen LogP contribution in [0.5, 0.6) is 0 Å².